The number of carbonyl (C=O) groups is 1. The van der Waals surface area contributed by atoms with E-state index in [4.69, 9.17) is 25.8 Å². The monoisotopic (exact) mass is 332 g/mol. The Morgan fingerprint density at radius 3 is 2.22 bits per heavy atom. The predicted molar refractivity (Wildman–Crippen MR) is 90.9 cm³/mol. The van der Waals surface area contributed by atoms with Gasteiger partial charge in [0.25, 0.3) is 0 Å². The molecule has 0 radical (unpaired) electrons. The van der Waals surface area contributed by atoms with Crippen molar-refractivity contribution in [2.45, 2.75) is 0 Å². The number of halogens is 1. The van der Waals surface area contributed by atoms with Crippen LogP contribution in [0.3, 0.4) is 0 Å². The summed E-state index contributed by atoms with van der Waals surface area (Å²) in [5.74, 6) is 1.52. The summed E-state index contributed by atoms with van der Waals surface area (Å²) in [6.45, 7) is 0. The maximum Gasteiger partial charge on any atom is 0.189 e. The lowest BCUT2D eigenvalue weighted by Crippen LogP contribution is -1.98. The number of benzene rings is 2. The number of ketones is 1. The van der Waals surface area contributed by atoms with Crippen LogP contribution in [0.4, 0.5) is 0 Å². The van der Waals surface area contributed by atoms with E-state index in [1.54, 1.807) is 50.6 Å². The quantitative estimate of drug-likeness (QED) is 0.585. The van der Waals surface area contributed by atoms with Gasteiger partial charge in [0.05, 0.1) is 26.9 Å². The van der Waals surface area contributed by atoms with E-state index < -0.39 is 0 Å². The Balaban J connectivity index is 2.26. The van der Waals surface area contributed by atoms with E-state index in [0.717, 1.165) is 5.56 Å². The summed E-state index contributed by atoms with van der Waals surface area (Å²) in [4.78, 5) is 12.3. The van der Waals surface area contributed by atoms with Gasteiger partial charge in [-0.3, -0.25) is 4.79 Å². The van der Waals surface area contributed by atoms with Crippen LogP contribution in [0.5, 0.6) is 17.2 Å². The minimum Gasteiger partial charge on any atom is -0.496 e. The van der Waals surface area contributed by atoms with Gasteiger partial charge in [0.15, 0.2) is 17.3 Å². The second-order valence-corrected chi connectivity index (χ2v) is 5.09. The van der Waals surface area contributed by atoms with Crippen molar-refractivity contribution in [3.63, 3.8) is 0 Å². The van der Waals surface area contributed by atoms with Crippen molar-refractivity contribution in [2.75, 3.05) is 21.3 Å². The molecule has 0 saturated heterocycles. The summed E-state index contributed by atoms with van der Waals surface area (Å²) in [5.41, 5.74) is 1.23. The first-order valence-corrected chi connectivity index (χ1v) is 7.24. The van der Waals surface area contributed by atoms with Crippen LogP contribution in [0.1, 0.15) is 15.9 Å². The molecule has 0 N–H and O–H groups in total. The van der Waals surface area contributed by atoms with Gasteiger partial charge in [-0.15, -0.1) is 0 Å². The second kappa shape index (κ2) is 7.70. The van der Waals surface area contributed by atoms with Gasteiger partial charge in [-0.1, -0.05) is 23.7 Å². The fourth-order valence-corrected chi connectivity index (χ4v) is 2.26. The fourth-order valence-electron chi connectivity index (χ4n) is 2.09. The largest absolute Gasteiger partial charge is 0.496 e. The van der Waals surface area contributed by atoms with Gasteiger partial charge in [0.1, 0.15) is 5.75 Å². The summed E-state index contributed by atoms with van der Waals surface area (Å²) in [6.07, 6.45) is 3.17. The summed E-state index contributed by atoms with van der Waals surface area (Å²) in [5, 5.41) is 0.480. The van der Waals surface area contributed by atoms with Crippen LogP contribution in [0.15, 0.2) is 42.5 Å². The maximum absolute atomic E-state index is 12.3. The van der Waals surface area contributed by atoms with Crippen LogP contribution in [0.2, 0.25) is 5.02 Å². The van der Waals surface area contributed by atoms with Gasteiger partial charge in [0.2, 0.25) is 0 Å². The molecule has 5 heteroatoms. The van der Waals surface area contributed by atoms with E-state index in [1.165, 1.54) is 13.2 Å². The average molecular weight is 333 g/mol. The number of ether oxygens (including phenoxy) is 3. The van der Waals surface area contributed by atoms with Crippen LogP contribution < -0.4 is 14.2 Å². The molecule has 0 aliphatic rings. The summed E-state index contributed by atoms with van der Waals surface area (Å²) in [7, 11) is 4.65. The number of rotatable bonds is 6. The molecule has 4 nitrogen and oxygen atoms in total. The lowest BCUT2D eigenvalue weighted by atomic mass is 10.1. The molecule has 0 saturated carbocycles. The number of methoxy groups -OCH3 is 3. The van der Waals surface area contributed by atoms with Crippen molar-refractivity contribution in [3.05, 3.63) is 58.6 Å². The molecular weight excluding hydrogens is 316 g/mol. The molecule has 0 atom stereocenters. The third kappa shape index (κ3) is 4.05. The van der Waals surface area contributed by atoms with Gasteiger partial charge in [-0.05, 0) is 42.0 Å². The van der Waals surface area contributed by atoms with Gasteiger partial charge < -0.3 is 14.2 Å². The molecule has 2 aromatic rings. The molecule has 2 aromatic carbocycles. The highest BCUT2D eigenvalue weighted by Crippen LogP contribution is 2.28. The zero-order valence-corrected chi connectivity index (χ0v) is 13.9. The highest BCUT2D eigenvalue weighted by Gasteiger charge is 2.10. The van der Waals surface area contributed by atoms with Gasteiger partial charge in [0, 0.05) is 5.02 Å². The number of hydrogen-bond acceptors (Lipinski definition) is 4. The lowest BCUT2D eigenvalue weighted by molar-refractivity contribution is 0.104. The Labute approximate surface area is 140 Å². The van der Waals surface area contributed by atoms with Crippen molar-refractivity contribution in [2.24, 2.45) is 0 Å². The molecule has 0 bridgehead atoms. The molecule has 0 fully saturated rings. The Bertz CT molecular complexity index is 738. The second-order valence-electron chi connectivity index (χ2n) is 4.66. The van der Waals surface area contributed by atoms with Crippen molar-refractivity contribution >= 4 is 23.5 Å². The fraction of sp³-hybridized carbons (Fsp3) is 0.167. The third-order valence-electron chi connectivity index (χ3n) is 3.26. The molecule has 23 heavy (non-hydrogen) atoms. The predicted octanol–water partition coefficient (Wildman–Crippen LogP) is 4.26. The van der Waals surface area contributed by atoms with Crippen molar-refractivity contribution < 1.29 is 19.0 Å². The van der Waals surface area contributed by atoms with E-state index in [2.05, 4.69) is 0 Å². The van der Waals surface area contributed by atoms with Crippen LogP contribution in [0.25, 0.3) is 6.08 Å². The molecular formula is C18H17ClO4. The molecule has 0 aromatic heterocycles. The SMILES string of the molecule is COc1ccc(/C=C/C(=O)c2cc(Cl)ccc2OC)cc1OC. The van der Waals surface area contributed by atoms with E-state index in [9.17, 15) is 4.79 Å². The Hall–Kier alpha value is -2.46. The maximum atomic E-state index is 12.3. The van der Waals surface area contributed by atoms with E-state index in [-0.39, 0.29) is 5.78 Å². The molecule has 0 heterocycles. The van der Waals surface area contributed by atoms with Crippen LogP contribution in [-0.4, -0.2) is 27.1 Å². The number of allylic oxidation sites excluding steroid dienone is 1. The van der Waals surface area contributed by atoms with E-state index >= 15 is 0 Å². The van der Waals surface area contributed by atoms with Crippen LogP contribution in [-0.2, 0) is 0 Å². The first-order valence-electron chi connectivity index (χ1n) is 6.87. The minimum absolute atomic E-state index is 0.195. The zero-order chi connectivity index (χ0) is 16.8. The highest BCUT2D eigenvalue weighted by atomic mass is 35.5. The smallest absolute Gasteiger partial charge is 0.189 e. The molecule has 0 amide bonds. The minimum atomic E-state index is -0.195. The molecule has 120 valence electrons. The van der Waals surface area contributed by atoms with Crippen LogP contribution >= 0.6 is 11.6 Å². The molecule has 0 unspecified atom stereocenters. The highest BCUT2D eigenvalue weighted by molar-refractivity contribution is 6.31. The summed E-state index contributed by atoms with van der Waals surface area (Å²) >= 11 is 5.95. The van der Waals surface area contributed by atoms with Gasteiger partial charge >= 0.3 is 0 Å². The normalized spacial score (nSPS) is 10.6. The van der Waals surface area contributed by atoms with Crippen molar-refractivity contribution in [3.8, 4) is 17.2 Å². The average Bonchev–Trinajstić information content (AvgIpc) is 2.59. The molecule has 0 spiro atoms. The van der Waals surface area contributed by atoms with E-state index in [1.807, 2.05) is 6.07 Å². The van der Waals surface area contributed by atoms with E-state index in [0.29, 0.717) is 27.8 Å². The molecule has 0 aliphatic heterocycles. The number of hydrogen-bond donors (Lipinski definition) is 0. The number of carbonyl (C=O) groups excluding carboxylic acids is 1. The Kier molecular flexibility index (Phi) is 5.66. The standard InChI is InChI=1S/C18H17ClO4/c1-21-16-9-6-13(19)11-14(16)15(20)7-4-12-5-8-17(22-2)18(10-12)23-3/h4-11H,1-3H3/b7-4+. The zero-order valence-electron chi connectivity index (χ0n) is 13.1. The first kappa shape index (κ1) is 16.9. The summed E-state index contributed by atoms with van der Waals surface area (Å²) < 4.78 is 15.6. The van der Waals surface area contributed by atoms with Gasteiger partial charge in [-0.25, -0.2) is 0 Å². The van der Waals surface area contributed by atoms with Gasteiger partial charge in [-0.2, -0.15) is 0 Å². The Morgan fingerprint density at radius 2 is 1.57 bits per heavy atom. The Morgan fingerprint density at radius 1 is 0.913 bits per heavy atom. The van der Waals surface area contributed by atoms with Crippen LogP contribution in [0, 0.1) is 0 Å². The lowest BCUT2D eigenvalue weighted by Gasteiger charge is -2.08. The van der Waals surface area contributed by atoms with Crippen molar-refractivity contribution in [1.82, 2.24) is 0 Å². The molecule has 0 aliphatic carbocycles. The summed E-state index contributed by atoms with van der Waals surface area (Å²) in [6, 6.07) is 10.3. The molecule has 2 rings (SSSR count). The third-order valence-corrected chi connectivity index (χ3v) is 3.50. The van der Waals surface area contributed by atoms with Crippen molar-refractivity contribution in [1.29, 1.82) is 0 Å². The first-order chi connectivity index (χ1) is 11.1. The topological polar surface area (TPSA) is 44.8 Å².